The summed E-state index contributed by atoms with van der Waals surface area (Å²) in [5, 5.41) is 3.11. The van der Waals surface area contributed by atoms with E-state index < -0.39 is 0 Å². The fourth-order valence-corrected chi connectivity index (χ4v) is 2.82. The quantitative estimate of drug-likeness (QED) is 0.680. The van der Waals surface area contributed by atoms with Crippen molar-refractivity contribution in [2.24, 2.45) is 0 Å². The van der Waals surface area contributed by atoms with Crippen molar-refractivity contribution in [3.63, 3.8) is 0 Å². The molecule has 0 unspecified atom stereocenters. The zero-order valence-electron chi connectivity index (χ0n) is 10.7. The summed E-state index contributed by atoms with van der Waals surface area (Å²) in [5.74, 6) is 0.164. The number of carbonyl (C=O) groups is 2. The van der Waals surface area contributed by atoms with Crippen molar-refractivity contribution in [3.8, 4) is 0 Å². The molecule has 2 heterocycles. The summed E-state index contributed by atoms with van der Waals surface area (Å²) >= 11 is 0. The normalized spacial score (nSPS) is 29.1. The predicted molar refractivity (Wildman–Crippen MR) is 64.6 cm³/mol. The molecule has 1 N–H and O–H groups in total. The second-order valence-corrected chi connectivity index (χ2v) is 5.35. The van der Waals surface area contributed by atoms with Crippen LogP contribution in [0.3, 0.4) is 0 Å². The maximum absolute atomic E-state index is 11.9. The van der Waals surface area contributed by atoms with Crippen LogP contribution in [0.2, 0.25) is 0 Å². The first-order valence-electron chi connectivity index (χ1n) is 6.30. The maximum Gasteiger partial charge on any atom is 0.319 e. The molecule has 0 aromatic rings. The molecule has 2 rings (SSSR count). The van der Waals surface area contributed by atoms with Gasteiger partial charge in [0.25, 0.3) is 0 Å². The molecular weight excluding hydrogens is 218 g/mol. The SMILES string of the molecule is CN(C)C(=O)N1CCC[C@]2(CCC(=O)N2)CC1. The molecule has 0 aromatic heterocycles. The minimum absolute atomic E-state index is 0.0293. The van der Waals surface area contributed by atoms with Crippen LogP contribution < -0.4 is 5.32 Å². The molecule has 1 atom stereocenters. The smallest absolute Gasteiger partial charge is 0.319 e. The lowest BCUT2D eigenvalue weighted by atomic mass is 9.89. The van der Waals surface area contributed by atoms with Crippen LogP contribution in [0.1, 0.15) is 32.1 Å². The average Bonchev–Trinajstić information content (AvgIpc) is 2.52. The fraction of sp³-hybridized carbons (Fsp3) is 0.833. The molecule has 0 aliphatic carbocycles. The standard InChI is InChI=1S/C12H21N3O2/c1-14(2)11(17)15-8-3-5-12(7-9-15)6-4-10(16)13-12/h3-9H2,1-2H3,(H,13,16)/t12-/m0/s1. The number of amides is 3. The molecule has 3 amide bonds. The second-order valence-electron chi connectivity index (χ2n) is 5.35. The van der Waals surface area contributed by atoms with E-state index in [4.69, 9.17) is 0 Å². The van der Waals surface area contributed by atoms with Gasteiger partial charge in [0.15, 0.2) is 0 Å². The zero-order valence-corrected chi connectivity index (χ0v) is 10.7. The Kier molecular flexibility index (Phi) is 3.26. The highest BCUT2D eigenvalue weighted by Gasteiger charge is 2.39. The summed E-state index contributed by atoms with van der Waals surface area (Å²) in [6.45, 7) is 1.55. The summed E-state index contributed by atoms with van der Waals surface area (Å²) in [4.78, 5) is 26.7. The molecule has 5 heteroatoms. The topological polar surface area (TPSA) is 52.7 Å². The summed E-state index contributed by atoms with van der Waals surface area (Å²) in [7, 11) is 3.56. The Bertz CT molecular complexity index is 330. The number of hydrogen-bond acceptors (Lipinski definition) is 2. The van der Waals surface area contributed by atoms with E-state index in [-0.39, 0.29) is 17.5 Å². The van der Waals surface area contributed by atoms with Gasteiger partial charge in [0.2, 0.25) is 5.91 Å². The van der Waals surface area contributed by atoms with E-state index in [1.54, 1.807) is 19.0 Å². The molecule has 0 bridgehead atoms. The first kappa shape index (κ1) is 12.2. The van der Waals surface area contributed by atoms with Gasteiger partial charge in [-0.05, 0) is 25.7 Å². The largest absolute Gasteiger partial charge is 0.351 e. The third-order valence-corrected chi connectivity index (χ3v) is 3.83. The van der Waals surface area contributed by atoms with Gasteiger partial charge in [-0.15, -0.1) is 0 Å². The van der Waals surface area contributed by atoms with Crippen molar-refractivity contribution < 1.29 is 9.59 Å². The monoisotopic (exact) mass is 239 g/mol. The highest BCUT2D eigenvalue weighted by Crippen LogP contribution is 2.31. The van der Waals surface area contributed by atoms with Crippen LogP contribution in [0.25, 0.3) is 0 Å². The van der Waals surface area contributed by atoms with Crippen LogP contribution in [0.5, 0.6) is 0 Å². The van der Waals surface area contributed by atoms with Crippen molar-refractivity contribution >= 4 is 11.9 Å². The molecule has 2 fully saturated rings. The first-order valence-corrected chi connectivity index (χ1v) is 6.30. The molecule has 0 radical (unpaired) electrons. The van der Waals surface area contributed by atoms with Crippen LogP contribution in [-0.4, -0.2) is 54.5 Å². The Balaban J connectivity index is 1.98. The molecular formula is C12H21N3O2. The van der Waals surface area contributed by atoms with E-state index in [1.165, 1.54) is 0 Å². The molecule has 96 valence electrons. The summed E-state index contributed by atoms with van der Waals surface area (Å²) in [6, 6.07) is 0.0753. The number of nitrogens with zero attached hydrogens (tertiary/aromatic N) is 2. The van der Waals surface area contributed by atoms with E-state index in [1.807, 2.05) is 4.90 Å². The van der Waals surface area contributed by atoms with E-state index in [0.29, 0.717) is 6.42 Å². The Morgan fingerprint density at radius 3 is 2.65 bits per heavy atom. The highest BCUT2D eigenvalue weighted by molar-refractivity contribution is 5.79. The van der Waals surface area contributed by atoms with Crippen LogP contribution in [-0.2, 0) is 4.79 Å². The van der Waals surface area contributed by atoms with Gasteiger partial charge in [-0.1, -0.05) is 0 Å². The van der Waals surface area contributed by atoms with Crippen molar-refractivity contribution in [2.75, 3.05) is 27.2 Å². The lowest BCUT2D eigenvalue weighted by molar-refractivity contribution is -0.119. The lowest BCUT2D eigenvalue weighted by Crippen LogP contribution is -2.44. The number of likely N-dealkylation sites (tertiary alicyclic amines) is 1. The molecule has 2 aliphatic heterocycles. The number of nitrogens with one attached hydrogen (secondary N) is 1. The highest BCUT2D eigenvalue weighted by atomic mass is 16.2. The van der Waals surface area contributed by atoms with Crippen LogP contribution >= 0.6 is 0 Å². The van der Waals surface area contributed by atoms with Gasteiger partial charge < -0.3 is 15.1 Å². The van der Waals surface area contributed by atoms with Gasteiger partial charge in [-0.25, -0.2) is 4.79 Å². The average molecular weight is 239 g/mol. The van der Waals surface area contributed by atoms with Crippen molar-refractivity contribution in [1.29, 1.82) is 0 Å². The summed E-state index contributed by atoms with van der Waals surface area (Å²) in [5.41, 5.74) is -0.0293. The minimum atomic E-state index is -0.0293. The van der Waals surface area contributed by atoms with E-state index >= 15 is 0 Å². The summed E-state index contributed by atoms with van der Waals surface area (Å²) < 4.78 is 0. The van der Waals surface area contributed by atoms with Gasteiger partial charge in [0.1, 0.15) is 0 Å². The maximum atomic E-state index is 11.9. The van der Waals surface area contributed by atoms with Crippen molar-refractivity contribution in [2.45, 2.75) is 37.6 Å². The number of urea groups is 1. The van der Waals surface area contributed by atoms with Gasteiger partial charge >= 0.3 is 6.03 Å². The first-order chi connectivity index (χ1) is 8.02. The Morgan fingerprint density at radius 1 is 1.29 bits per heavy atom. The van der Waals surface area contributed by atoms with Gasteiger partial charge in [0, 0.05) is 39.1 Å². The van der Waals surface area contributed by atoms with E-state index in [0.717, 1.165) is 38.8 Å². The molecule has 0 aromatic carbocycles. The number of carbonyl (C=O) groups excluding carboxylic acids is 2. The number of rotatable bonds is 0. The molecule has 0 saturated carbocycles. The second kappa shape index (κ2) is 4.55. The van der Waals surface area contributed by atoms with E-state index in [9.17, 15) is 9.59 Å². The molecule has 5 nitrogen and oxygen atoms in total. The molecule has 2 aliphatic rings. The van der Waals surface area contributed by atoms with Gasteiger partial charge in [-0.3, -0.25) is 4.79 Å². The summed E-state index contributed by atoms with van der Waals surface area (Å²) in [6.07, 6.45) is 4.42. The Labute approximate surface area is 102 Å². The fourth-order valence-electron chi connectivity index (χ4n) is 2.82. The molecule has 2 saturated heterocycles. The third-order valence-electron chi connectivity index (χ3n) is 3.83. The van der Waals surface area contributed by atoms with Crippen LogP contribution in [0.15, 0.2) is 0 Å². The number of hydrogen-bond donors (Lipinski definition) is 1. The van der Waals surface area contributed by atoms with Gasteiger partial charge in [-0.2, -0.15) is 0 Å². The van der Waals surface area contributed by atoms with Gasteiger partial charge in [0.05, 0.1) is 0 Å². The third kappa shape index (κ3) is 2.53. The minimum Gasteiger partial charge on any atom is -0.351 e. The molecule has 17 heavy (non-hydrogen) atoms. The van der Waals surface area contributed by atoms with Crippen molar-refractivity contribution in [3.05, 3.63) is 0 Å². The van der Waals surface area contributed by atoms with E-state index in [2.05, 4.69) is 5.32 Å². The lowest BCUT2D eigenvalue weighted by Gasteiger charge is -2.28. The predicted octanol–water partition coefficient (Wildman–Crippen LogP) is 0.803. The van der Waals surface area contributed by atoms with Crippen LogP contribution in [0, 0.1) is 0 Å². The molecule has 1 spiro atoms. The van der Waals surface area contributed by atoms with Crippen molar-refractivity contribution in [1.82, 2.24) is 15.1 Å². The Hall–Kier alpha value is -1.26. The zero-order chi connectivity index (χ0) is 12.5. The Morgan fingerprint density at radius 2 is 2.06 bits per heavy atom. The van der Waals surface area contributed by atoms with Crippen LogP contribution in [0.4, 0.5) is 4.79 Å².